The Morgan fingerprint density at radius 1 is 1.26 bits per heavy atom. The van der Waals surface area contributed by atoms with E-state index < -0.39 is 0 Å². The fraction of sp³-hybridized carbons (Fsp3) is 0.312. The van der Waals surface area contributed by atoms with Gasteiger partial charge in [-0.05, 0) is 35.6 Å². The largest absolute Gasteiger partial charge is 0.398 e. The number of halogens is 1. The number of hydrogen-bond acceptors (Lipinski definition) is 2. The predicted molar refractivity (Wildman–Crippen MR) is 77.5 cm³/mol. The van der Waals surface area contributed by atoms with Crippen LogP contribution in [0.3, 0.4) is 0 Å². The van der Waals surface area contributed by atoms with Crippen LogP contribution >= 0.6 is 0 Å². The Kier molecular flexibility index (Phi) is 3.84. The Morgan fingerprint density at radius 3 is 2.63 bits per heavy atom. The van der Waals surface area contributed by atoms with Crippen LogP contribution in [-0.4, -0.2) is 4.98 Å². The number of aromatic nitrogens is 1. The van der Waals surface area contributed by atoms with Gasteiger partial charge in [-0.15, -0.1) is 0 Å². The zero-order valence-electron chi connectivity index (χ0n) is 11.6. The van der Waals surface area contributed by atoms with Gasteiger partial charge in [0.2, 0.25) is 0 Å². The third kappa shape index (κ3) is 2.60. The fourth-order valence-electron chi connectivity index (χ4n) is 2.21. The molecule has 3 heteroatoms. The van der Waals surface area contributed by atoms with Gasteiger partial charge in [0.05, 0.1) is 6.20 Å². The van der Waals surface area contributed by atoms with Crippen molar-refractivity contribution >= 4 is 5.69 Å². The summed E-state index contributed by atoms with van der Waals surface area (Å²) >= 11 is 0. The van der Waals surface area contributed by atoms with Crippen LogP contribution in [0.25, 0.3) is 11.1 Å². The van der Waals surface area contributed by atoms with Crippen molar-refractivity contribution in [1.82, 2.24) is 4.98 Å². The second-order valence-corrected chi connectivity index (χ2v) is 5.02. The number of aryl methyl sites for hydroxylation is 1. The van der Waals surface area contributed by atoms with Crippen molar-refractivity contribution < 1.29 is 4.39 Å². The Hall–Kier alpha value is -1.90. The molecule has 0 aliphatic carbocycles. The summed E-state index contributed by atoms with van der Waals surface area (Å²) < 4.78 is 14.2. The van der Waals surface area contributed by atoms with Crippen LogP contribution in [0.4, 0.5) is 10.1 Å². The molecule has 2 rings (SSSR count). The molecule has 1 heterocycles. The quantitative estimate of drug-likeness (QED) is 0.840. The molecule has 0 bridgehead atoms. The van der Waals surface area contributed by atoms with E-state index >= 15 is 0 Å². The van der Waals surface area contributed by atoms with Crippen molar-refractivity contribution in [3.63, 3.8) is 0 Å². The van der Waals surface area contributed by atoms with E-state index in [9.17, 15) is 4.39 Å². The van der Waals surface area contributed by atoms with Crippen molar-refractivity contribution in [1.29, 1.82) is 0 Å². The van der Waals surface area contributed by atoms with Gasteiger partial charge < -0.3 is 5.73 Å². The van der Waals surface area contributed by atoms with Crippen LogP contribution in [0.1, 0.15) is 37.8 Å². The van der Waals surface area contributed by atoms with Gasteiger partial charge in [0.25, 0.3) is 0 Å². The first kappa shape index (κ1) is 13.5. The molecule has 1 aromatic carbocycles. The van der Waals surface area contributed by atoms with E-state index in [4.69, 9.17) is 5.73 Å². The zero-order valence-corrected chi connectivity index (χ0v) is 11.6. The molecule has 0 spiro atoms. The smallest absolute Gasteiger partial charge is 0.149 e. The van der Waals surface area contributed by atoms with Gasteiger partial charge in [-0.2, -0.15) is 0 Å². The van der Waals surface area contributed by atoms with Crippen LogP contribution in [0, 0.1) is 5.82 Å². The molecule has 0 saturated carbocycles. The highest BCUT2D eigenvalue weighted by Crippen LogP contribution is 2.35. The minimum absolute atomic E-state index is 0.197. The average Bonchev–Trinajstić information content (AvgIpc) is 2.39. The van der Waals surface area contributed by atoms with Crippen molar-refractivity contribution in [2.24, 2.45) is 0 Å². The van der Waals surface area contributed by atoms with Crippen molar-refractivity contribution in [2.45, 2.75) is 33.1 Å². The molecule has 0 atom stereocenters. The maximum absolute atomic E-state index is 14.2. The van der Waals surface area contributed by atoms with E-state index in [2.05, 4.69) is 11.9 Å². The molecule has 2 nitrogen and oxygen atoms in total. The Morgan fingerprint density at radius 2 is 2.00 bits per heavy atom. The molecule has 0 aliphatic rings. The minimum Gasteiger partial charge on any atom is -0.398 e. The molecule has 0 amide bonds. The standard InChI is InChI=1S/C16H19FN2/c1-4-11-5-6-15(18)12(7-11)16-13(10(2)3)8-19-9-14(16)17/h5-10H,4,18H2,1-3H3. The number of anilines is 1. The summed E-state index contributed by atoms with van der Waals surface area (Å²) in [6, 6.07) is 5.80. The number of hydrogen-bond donors (Lipinski definition) is 1. The Labute approximate surface area is 113 Å². The van der Waals surface area contributed by atoms with Crippen molar-refractivity contribution in [2.75, 3.05) is 5.73 Å². The molecule has 0 saturated heterocycles. The molecule has 2 N–H and O–H groups in total. The molecule has 0 aliphatic heterocycles. The van der Waals surface area contributed by atoms with Gasteiger partial charge in [-0.25, -0.2) is 4.39 Å². The highest BCUT2D eigenvalue weighted by Gasteiger charge is 2.16. The number of benzene rings is 1. The maximum Gasteiger partial charge on any atom is 0.149 e. The summed E-state index contributed by atoms with van der Waals surface area (Å²) in [4.78, 5) is 3.95. The van der Waals surface area contributed by atoms with E-state index in [1.54, 1.807) is 6.20 Å². The van der Waals surface area contributed by atoms with E-state index in [1.165, 1.54) is 6.20 Å². The van der Waals surface area contributed by atoms with Crippen molar-refractivity contribution in [3.05, 3.63) is 47.5 Å². The zero-order chi connectivity index (χ0) is 14.0. The fourth-order valence-corrected chi connectivity index (χ4v) is 2.21. The third-order valence-electron chi connectivity index (χ3n) is 3.35. The SMILES string of the molecule is CCc1ccc(N)c(-c2c(F)cncc2C(C)C)c1. The molecule has 0 fully saturated rings. The summed E-state index contributed by atoms with van der Waals surface area (Å²) in [6.45, 7) is 6.13. The van der Waals surface area contributed by atoms with Gasteiger partial charge in [0.15, 0.2) is 0 Å². The Balaban J connectivity index is 2.71. The van der Waals surface area contributed by atoms with E-state index in [0.717, 1.165) is 23.1 Å². The first-order chi connectivity index (χ1) is 9.04. The number of nitrogens with two attached hydrogens (primary N) is 1. The molecule has 0 radical (unpaired) electrons. The second kappa shape index (κ2) is 5.39. The van der Waals surface area contributed by atoms with Gasteiger partial charge in [0, 0.05) is 23.0 Å². The Bertz CT molecular complexity index is 591. The summed E-state index contributed by atoms with van der Waals surface area (Å²) in [5.41, 5.74) is 10.0. The van der Waals surface area contributed by atoms with Crippen LogP contribution in [0.5, 0.6) is 0 Å². The van der Waals surface area contributed by atoms with Gasteiger partial charge in [0.1, 0.15) is 5.82 Å². The van der Waals surface area contributed by atoms with Gasteiger partial charge >= 0.3 is 0 Å². The normalized spacial score (nSPS) is 11.0. The molecular weight excluding hydrogens is 239 g/mol. The van der Waals surface area contributed by atoms with Crippen LogP contribution in [0.15, 0.2) is 30.6 Å². The highest BCUT2D eigenvalue weighted by molar-refractivity contribution is 5.79. The third-order valence-corrected chi connectivity index (χ3v) is 3.35. The highest BCUT2D eigenvalue weighted by atomic mass is 19.1. The lowest BCUT2D eigenvalue weighted by molar-refractivity contribution is 0.620. The second-order valence-electron chi connectivity index (χ2n) is 5.02. The van der Waals surface area contributed by atoms with E-state index in [0.29, 0.717) is 11.3 Å². The average molecular weight is 258 g/mol. The number of nitrogens with zero attached hydrogens (tertiary/aromatic N) is 1. The summed E-state index contributed by atoms with van der Waals surface area (Å²) in [6.07, 6.45) is 3.87. The first-order valence-electron chi connectivity index (χ1n) is 6.56. The van der Waals surface area contributed by atoms with Gasteiger partial charge in [-0.1, -0.05) is 26.8 Å². The lowest BCUT2D eigenvalue weighted by Crippen LogP contribution is -2.01. The molecule has 100 valence electrons. The van der Waals surface area contributed by atoms with Crippen molar-refractivity contribution in [3.8, 4) is 11.1 Å². The maximum atomic E-state index is 14.2. The topological polar surface area (TPSA) is 38.9 Å². The predicted octanol–water partition coefficient (Wildman–Crippen LogP) is 4.16. The van der Waals surface area contributed by atoms with E-state index in [-0.39, 0.29) is 11.7 Å². The van der Waals surface area contributed by atoms with Crippen LogP contribution in [-0.2, 0) is 6.42 Å². The lowest BCUT2D eigenvalue weighted by atomic mass is 9.92. The minimum atomic E-state index is -0.314. The first-order valence-corrected chi connectivity index (χ1v) is 6.56. The number of nitrogen functional groups attached to an aromatic ring is 1. The summed E-state index contributed by atoms with van der Waals surface area (Å²) in [5, 5.41) is 0. The van der Waals surface area contributed by atoms with Crippen LogP contribution in [0.2, 0.25) is 0 Å². The number of rotatable bonds is 3. The lowest BCUT2D eigenvalue weighted by Gasteiger charge is -2.15. The molecular formula is C16H19FN2. The molecule has 2 aromatic rings. The van der Waals surface area contributed by atoms with Gasteiger partial charge in [-0.3, -0.25) is 4.98 Å². The molecule has 19 heavy (non-hydrogen) atoms. The van der Waals surface area contributed by atoms with Crippen LogP contribution < -0.4 is 5.73 Å². The summed E-state index contributed by atoms with van der Waals surface area (Å²) in [7, 11) is 0. The molecule has 1 aromatic heterocycles. The monoisotopic (exact) mass is 258 g/mol. The molecule has 0 unspecified atom stereocenters. The summed E-state index contributed by atoms with van der Waals surface area (Å²) in [5.74, 6) is -0.117. The van der Waals surface area contributed by atoms with E-state index in [1.807, 2.05) is 32.0 Å². The number of pyridine rings is 1.